The molecule has 0 spiro atoms. The molecule has 0 N–H and O–H groups in total. The van der Waals surface area contributed by atoms with Gasteiger partial charge in [0.25, 0.3) is 0 Å². The van der Waals surface area contributed by atoms with Gasteiger partial charge in [-0.05, 0) is 26.7 Å². The number of hydrogen-bond acceptors (Lipinski definition) is 2. The third-order valence-corrected chi connectivity index (χ3v) is 2.89. The lowest BCUT2D eigenvalue weighted by molar-refractivity contribution is -0.0293. The van der Waals surface area contributed by atoms with Gasteiger partial charge in [-0.25, -0.2) is 0 Å². The number of fused-ring (bicyclic) bond motifs is 2. The van der Waals surface area contributed by atoms with Crippen molar-refractivity contribution in [3.05, 3.63) is 0 Å². The smallest absolute Gasteiger partial charge is 0.0622 e. The van der Waals surface area contributed by atoms with E-state index in [4.69, 9.17) is 4.74 Å². The quantitative estimate of drug-likeness (QED) is 0.565. The van der Waals surface area contributed by atoms with Gasteiger partial charge in [0.15, 0.2) is 0 Å². The summed E-state index contributed by atoms with van der Waals surface area (Å²) < 4.78 is 5.50. The lowest BCUT2D eigenvalue weighted by atomic mass is 10.2. The predicted octanol–water partition coefficient (Wildman–Crippen LogP) is 1.26. The topological polar surface area (TPSA) is 12.5 Å². The van der Waals surface area contributed by atoms with Gasteiger partial charge in [0, 0.05) is 18.1 Å². The van der Waals surface area contributed by atoms with E-state index in [1.54, 1.807) is 0 Å². The second-order valence-electron chi connectivity index (χ2n) is 3.96. The molecule has 2 bridgehead atoms. The first-order chi connectivity index (χ1) is 5.29. The highest BCUT2D eigenvalue weighted by Crippen LogP contribution is 2.30. The minimum atomic E-state index is 0.705. The maximum atomic E-state index is 5.50. The van der Waals surface area contributed by atoms with Crippen molar-refractivity contribution in [2.75, 3.05) is 13.2 Å². The fraction of sp³-hybridized carbons (Fsp3) is 1.00. The first-order valence-electron chi connectivity index (χ1n) is 4.64. The first kappa shape index (κ1) is 7.56. The Balaban J connectivity index is 2.09. The summed E-state index contributed by atoms with van der Waals surface area (Å²) in [6.45, 7) is 6.51. The van der Waals surface area contributed by atoms with E-state index in [0.29, 0.717) is 6.04 Å². The van der Waals surface area contributed by atoms with Crippen LogP contribution in [0.15, 0.2) is 0 Å². The average molecular weight is 155 g/mol. The van der Waals surface area contributed by atoms with Crippen LogP contribution in [0.25, 0.3) is 0 Å². The molecule has 2 fully saturated rings. The van der Waals surface area contributed by atoms with Gasteiger partial charge >= 0.3 is 0 Å². The zero-order chi connectivity index (χ0) is 7.84. The van der Waals surface area contributed by atoms with E-state index in [0.717, 1.165) is 25.3 Å². The third-order valence-electron chi connectivity index (χ3n) is 2.89. The summed E-state index contributed by atoms with van der Waals surface area (Å²) in [5.41, 5.74) is 0. The Morgan fingerprint density at radius 3 is 2.09 bits per heavy atom. The molecule has 2 saturated heterocycles. The Kier molecular flexibility index (Phi) is 1.90. The summed E-state index contributed by atoms with van der Waals surface area (Å²) in [4.78, 5) is 2.63. The van der Waals surface area contributed by atoms with Crippen molar-refractivity contribution >= 4 is 0 Å². The summed E-state index contributed by atoms with van der Waals surface area (Å²) in [5, 5.41) is 0. The number of rotatable bonds is 1. The molecule has 0 aromatic carbocycles. The van der Waals surface area contributed by atoms with Crippen LogP contribution in [0.5, 0.6) is 0 Å². The van der Waals surface area contributed by atoms with Crippen LogP contribution >= 0.6 is 0 Å². The van der Waals surface area contributed by atoms with E-state index in [1.165, 1.54) is 12.8 Å². The molecular weight excluding hydrogens is 138 g/mol. The van der Waals surface area contributed by atoms with Crippen LogP contribution in [0.1, 0.15) is 26.7 Å². The van der Waals surface area contributed by atoms with Crippen LogP contribution in [0.3, 0.4) is 0 Å². The molecule has 2 heterocycles. The molecular formula is C9H17NO. The van der Waals surface area contributed by atoms with Gasteiger partial charge in [0.2, 0.25) is 0 Å². The van der Waals surface area contributed by atoms with Crippen LogP contribution in [0.2, 0.25) is 0 Å². The number of nitrogens with zero attached hydrogens (tertiary/aromatic N) is 1. The van der Waals surface area contributed by atoms with Crippen LogP contribution in [-0.4, -0.2) is 36.2 Å². The van der Waals surface area contributed by atoms with Crippen LogP contribution in [0, 0.1) is 0 Å². The molecule has 0 radical (unpaired) electrons. The summed E-state index contributed by atoms with van der Waals surface area (Å²) >= 11 is 0. The fourth-order valence-corrected chi connectivity index (χ4v) is 2.50. The van der Waals surface area contributed by atoms with Crippen molar-refractivity contribution in [1.82, 2.24) is 4.90 Å². The molecule has 2 aliphatic rings. The molecule has 0 amide bonds. The monoisotopic (exact) mass is 155 g/mol. The molecule has 0 aromatic rings. The van der Waals surface area contributed by atoms with Gasteiger partial charge < -0.3 is 4.74 Å². The molecule has 2 rings (SSSR count). The van der Waals surface area contributed by atoms with Crippen molar-refractivity contribution in [3.8, 4) is 0 Å². The van der Waals surface area contributed by atoms with Gasteiger partial charge in [-0.15, -0.1) is 0 Å². The highest BCUT2D eigenvalue weighted by atomic mass is 16.5. The molecule has 0 saturated carbocycles. The van der Waals surface area contributed by atoms with E-state index in [9.17, 15) is 0 Å². The summed E-state index contributed by atoms with van der Waals surface area (Å²) in [6, 6.07) is 2.17. The molecule has 2 aliphatic heterocycles. The lowest BCUT2D eigenvalue weighted by Crippen LogP contribution is -2.49. The molecule has 2 unspecified atom stereocenters. The molecule has 2 heteroatoms. The number of ether oxygens (including phenoxy) is 1. The van der Waals surface area contributed by atoms with Gasteiger partial charge in [-0.1, -0.05) is 0 Å². The Morgan fingerprint density at radius 1 is 1.18 bits per heavy atom. The van der Waals surface area contributed by atoms with Crippen molar-refractivity contribution < 1.29 is 4.74 Å². The molecule has 2 atom stereocenters. The Morgan fingerprint density at radius 2 is 1.73 bits per heavy atom. The standard InChI is InChI=1S/C9H17NO/c1-7(2)10-8-3-4-9(10)6-11-5-8/h7-9H,3-6H2,1-2H3. The lowest BCUT2D eigenvalue weighted by Gasteiger charge is -2.37. The second kappa shape index (κ2) is 2.76. The summed E-state index contributed by atoms with van der Waals surface area (Å²) in [7, 11) is 0. The molecule has 2 nitrogen and oxygen atoms in total. The van der Waals surface area contributed by atoms with Crippen LogP contribution in [-0.2, 0) is 4.74 Å². The summed E-state index contributed by atoms with van der Waals surface area (Å²) in [5.74, 6) is 0. The molecule has 11 heavy (non-hydrogen) atoms. The van der Waals surface area contributed by atoms with Crippen molar-refractivity contribution in [3.63, 3.8) is 0 Å². The molecule has 64 valence electrons. The summed E-state index contributed by atoms with van der Waals surface area (Å²) in [6.07, 6.45) is 2.70. The first-order valence-corrected chi connectivity index (χ1v) is 4.64. The predicted molar refractivity (Wildman–Crippen MR) is 44.6 cm³/mol. The van der Waals surface area contributed by atoms with E-state index in [-0.39, 0.29) is 0 Å². The fourth-order valence-electron chi connectivity index (χ4n) is 2.50. The second-order valence-corrected chi connectivity index (χ2v) is 3.96. The SMILES string of the molecule is CC(C)N1C2CCC1COC2. The van der Waals surface area contributed by atoms with E-state index >= 15 is 0 Å². The van der Waals surface area contributed by atoms with Gasteiger partial charge in [-0.3, -0.25) is 4.90 Å². The highest BCUT2D eigenvalue weighted by Gasteiger charge is 2.38. The van der Waals surface area contributed by atoms with Gasteiger partial charge in [0.1, 0.15) is 0 Å². The van der Waals surface area contributed by atoms with Crippen molar-refractivity contribution in [1.29, 1.82) is 0 Å². The van der Waals surface area contributed by atoms with Crippen LogP contribution < -0.4 is 0 Å². The maximum Gasteiger partial charge on any atom is 0.0622 e. The van der Waals surface area contributed by atoms with E-state index in [1.807, 2.05) is 0 Å². The van der Waals surface area contributed by atoms with Gasteiger partial charge in [-0.2, -0.15) is 0 Å². The Hall–Kier alpha value is -0.0800. The Labute approximate surface area is 68.5 Å². The largest absolute Gasteiger partial charge is 0.378 e. The minimum Gasteiger partial charge on any atom is -0.378 e. The normalized spacial score (nSPS) is 38.5. The number of morpholine rings is 1. The number of hydrogen-bond donors (Lipinski definition) is 0. The molecule has 0 aliphatic carbocycles. The van der Waals surface area contributed by atoms with E-state index in [2.05, 4.69) is 18.7 Å². The van der Waals surface area contributed by atoms with Gasteiger partial charge in [0.05, 0.1) is 13.2 Å². The van der Waals surface area contributed by atoms with Crippen molar-refractivity contribution in [2.45, 2.75) is 44.8 Å². The van der Waals surface area contributed by atoms with Crippen LogP contribution in [0.4, 0.5) is 0 Å². The zero-order valence-electron chi connectivity index (χ0n) is 7.42. The molecule has 0 aromatic heterocycles. The maximum absolute atomic E-state index is 5.50. The van der Waals surface area contributed by atoms with E-state index < -0.39 is 0 Å². The zero-order valence-corrected chi connectivity index (χ0v) is 7.42. The van der Waals surface area contributed by atoms with Crippen molar-refractivity contribution in [2.24, 2.45) is 0 Å². The average Bonchev–Trinajstić information content (AvgIpc) is 2.23. The Bertz CT molecular complexity index is 130. The minimum absolute atomic E-state index is 0.705. The third kappa shape index (κ3) is 1.18. The highest BCUT2D eigenvalue weighted by molar-refractivity contribution is 4.92.